The summed E-state index contributed by atoms with van der Waals surface area (Å²) in [5.74, 6) is -0.862. The van der Waals surface area contributed by atoms with Crippen molar-refractivity contribution in [2.75, 3.05) is 31.3 Å². The molecule has 0 heterocycles. The Labute approximate surface area is 247 Å². The second-order valence-electron chi connectivity index (χ2n) is 10.9. The molecule has 42 heavy (non-hydrogen) atoms. The number of carbonyl (C=O) groups is 2. The Kier molecular flexibility index (Phi) is 10.6. The Hall–Kier alpha value is -4.12. The number of sulfonamides is 1. The summed E-state index contributed by atoms with van der Waals surface area (Å²) in [6, 6.07) is 18.4. The monoisotopic (exact) mass is 599 g/mol. The van der Waals surface area contributed by atoms with Crippen molar-refractivity contribution in [3.8, 4) is 11.5 Å². The van der Waals surface area contributed by atoms with Crippen molar-refractivity contribution < 1.29 is 31.9 Å². The van der Waals surface area contributed by atoms with Gasteiger partial charge in [0.15, 0.2) is 0 Å². The number of amides is 2. The molecule has 9 nitrogen and oxygen atoms in total. The normalized spacial score (nSPS) is 12.3. The molecule has 0 aliphatic rings. The summed E-state index contributed by atoms with van der Waals surface area (Å²) in [6.07, 6.45) is 1.16. The molecule has 0 radical (unpaired) electrons. The lowest BCUT2D eigenvalue weighted by atomic mass is 10.0. The molecule has 0 fully saturated rings. The molecule has 3 aromatic rings. The van der Waals surface area contributed by atoms with Crippen LogP contribution in [0.4, 0.5) is 10.1 Å². The lowest BCUT2D eigenvalue weighted by Gasteiger charge is -2.35. The van der Waals surface area contributed by atoms with Crippen molar-refractivity contribution in [2.24, 2.45) is 0 Å². The molecule has 3 rings (SSSR count). The quantitative estimate of drug-likeness (QED) is 0.335. The van der Waals surface area contributed by atoms with Crippen LogP contribution >= 0.6 is 0 Å². The highest BCUT2D eigenvalue weighted by atomic mass is 32.2. The Morgan fingerprint density at radius 2 is 1.57 bits per heavy atom. The van der Waals surface area contributed by atoms with E-state index in [1.165, 1.54) is 55.5 Å². The van der Waals surface area contributed by atoms with Crippen LogP contribution in [-0.4, -0.2) is 63.7 Å². The van der Waals surface area contributed by atoms with Crippen LogP contribution in [0.15, 0.2) is 72.8 Å². The minimum atomic E-state index is -4.00. The lowest BCUT2D eigenvalue weighted by molar-refractivity contribution is -0.140. The van der Waals surface area contributed by atoms with E-state index in [0.717, 1.165) is 16.1 Å². The van der Waals surface area contributed by atoms with Crippen LogP contribution in [0.1, 0.15) is 31.9 Å². The first-order valence-corrected chi connectivity index (χ1v) is 15.2. The molecule has 1 unspecified atom stereocenters. The Morgan fingerprint density at radius 1 is 0.929 bits per heavy atom. The number of halogens is 1. The molecule has 0 bridgehead atoms. The molecule has 3 aromatic carbocycles. The zero-order valence-corrected chi connectivity index (χ0v) is 25.6. The molecule has 226 valence electrons. The molecule has 2 amide bonds. The van der Waals surface area contributed by atoms with Crippen molar-refractivity contribution in [1.82, 2.24) is 10.2 Å². The summed E-state index contributed by atoms with van der Waals surface area (Å²) in [5.41, 5.74) is 0.903. The fraction of sp³-hybridized carbons (Fsp3) is 0.355. The third-order valence-corrected chi connectivity index (χ3v) is 7.50. The van der Waals surface area contributed by atoms with Crippen LogP contribution < -0.4 is 19.1 Å². The average molecular weight is 600 g/mol. The summed E-state index contributed by atoms with van der Waals surface area (Å²) in [4.78, 5) is 29.3. The molecule has 0 aromatic heterocycles. The van der Waals surface area contributed by atoms with Crippen LogP contribution in [-0.2, 0) is 32.6 Å². The van der Waals surface area contributed by atoms with E-state index in [-0.39, 0.29) is 24.4 Å². The number of benzene rings is 3. The van der Waals surface area contributed by atoms with E-state index >= 15 is 0 Å². The molecular formula is C31H38FN3O6S. The molecule has 0 aliphatic heterocycles. The van der Waals surface area contributed by atoms with Gasteiger partial charge >= 0.3 is 0 Å². The number of hydrogen-bond acceptors (Lipinski definition) is 6. The number of methoxy groups -OCH3 is 2. The van der Waals surface area contributed by atoms with Gasteiger partial charge in [-0.05, 0) is 56.2 Å². The minimum Gasteiger partial charge on any atom is -0.497 e. The summed E-state index contributed by atoms with van der Waals surface area (Å²) < 4.78 is 51.4. The fourth-order valence-corrected chi connectivity index (χ4v) is 5.23. The lowest BCUT2D eigenvalue weighted by Crippen LogP contribution is -2.56. The van der Waals surface area contributed by atoms with Gasteiger partial charge in [-0.15, -0.1) is 0 Å². The van der Waals surface area contributed by atoms with Gasteiger partial charge in [0.2, 0.25) is 21.8 Å². The topological polar surface area (TPSA) is 105 Å². The van der Waals surface area contributed by atoms with Crippen molar-refractivity contribution in [2.45, 2.75) is 45.3 Å². The Morgan fingerprint density at radius 3 is 2.12 bits per heavy atom. The van der Waals surface area contributed by atoms with Crippen LogP contribution in [0.3, 0.4) is 0 Å². The number of rotatable bonds is 12. The molecular weight excluding hydrogens is 561 g/mol. The fourth-order valence-electron chi connectivity index (χ4n) is 4.38. The van der Waals surface area contributed by atoms with Crippen molar-refractivity contribution >= 4 is 27.5 Å². The third-order valence-electron chi connectivity index (χ3n) is 6.37. The predicted molar refractivity (Wildman–Crippen MR) is 161 cm³/mol. The summed E-state index contributed by atoms with van der Waals surface area (Å²) in [6.45, 7) is 4.82. The van der Waals surface area contributed by atoms with Gasteiger partial charge in [0.25, 0.3) is 0 Å². The highest BCUT2D eigenvalue weighted by Crippen LogP contribution is 2.34. The van der Waals surface area contributed by atoms with E-state index in [0.29, 0.717) is 11.3 Å². The van der Waals surface area contributed by atoms with Crippen LogP contribution in [0.25, 0.3) is 0 Å². The maximum absolute atomic E-state index is 14.2. The second kappa shape index (κ2) is 13.7. The minimum absolute atomic E-state index is 0.0640. The van der Waals surface area contributed by atoms with Gasteiger partial charge in [0, 0.05) is 24.6 Å². The molecule has 0 spiro atoms. The maximum Gasteiger partial charge on any atom is 0.244 e. The SMILES string of the molecule is COc1ccc(N(CC(=O)N(Cc2ccc(F)cc2)C(Cc2ccccc2)C(=O)NC(C)(C)C)S(C)(=O)=O)c(OC)c1. The van der Waals surface area contributed by atoms with Gasteiger partial charge in [-0.3, -0.25) is 13.9 Å². The van der Waals surface area contributed by atoms with Gasteiger partial charge in [0.1, 0.15) is 29.9 Å². The summed E-state index contributed by atoms with van der Waals surface area (Å²) >= 11 is 0. The first kappa shape index (κ1) is 32.4. The van der Waals surface area contributed by atoms with Gasteiger partial charge in [-0.1, -0.05) is 42.5 Å². The van der Waals surface area contributed by atoms with Crippen molar-refractivity contribution in [1.29, 1.82) is 0 Å². The number of nitrogens with one attached hydrogen (secondary N) is 1. The molecule has 0 saturated carbocycles. The van der Waals surface area contributed by atoms with Gasteiger partial charge in [-0.25, -0.2) is 12.8 Å². The molecule has 0 aliphatic carbocycles. The van der Waals surface area contributed by atoms with E-state index in [9.17, 15) is 22.4 Å². The highest BCUT2D eigenvalue weighted by Gasteiger charge is 2.35. The standard InChI is InChI=1S/C31H38FN3O6S/c1-31(2,3)33-30(37)27(18-22-10-8-7-9-11-22)34(20-23-12-14-24(32)15-13-23)29(36)21-35(42(6,38)39)26-17-16-25(40-4)19-28(26)41-5/h7-17,19,27H,18,20-21H2,1-6H3,(H,33,37). The summed E-state index contributed by atoms with van der Waals surface area (Å²) in [7, 11) is -1.15. The zero-order valence-electron chi connectivity index (χ0n) is 24.8. The van der Waals surface area contributed by atoms with Gasteiger partial charge in [-0.2, -0.15) is 0 Å². The molecule has 11 heteroatoms. The zero-order chi connectivity index (χ0) is 31.1. The largest absolute Gasteiger partial charge is 0.497 e. The summed E-state index contributed by atoms with van der Waals surface area (Å²) in [5, 5.41) is 2.96. The second-order valence-corrected chi connectivity index (χ2v) is 12.8. The van der Waals surface area contributed by atoms with Crippen LogP contribution in [0.2, 0.25) is 0 Å². The maximum atomic E-state index is 14.2. The van der Waals surface area contributed by atoms with E-state index in [2.05, 4.69) is 5.32 Å². The number of hydrogen-bond donors (Lipinski definition) is 1. The Balaban J connectivity index is 2.10. The first-order chi connectivity index (χ1) is 19.7. The number of ether oxygens (including phenoxy) is 2. The van der Waals surface area contributed by atoms with Crippen molar-refractivity contribution in [3.05, 3.63) is 89.7 Å². The van der Waals surface area contributed by atoms with Gasteiger partial charge < -0.3 is 19.7 Å². The molecule has 1 N–H and O–H groups in total. The van der Waals surface area contributed by atoms with Crippen molar-refractivity contribution in [3.63, 3.8) is 0 Å². The van der Waals surface area contributed by atoms with E-state index in [4.69, 9.17) is 9.47 Å². The number of carbonyl (C=O) groups excluding carboxylic acids is 2. The van der Waals surface area contributed by atoms with E-state index in [1.54, 1.807) is 6.07 Å². The third kappa shape index (κ3) is 8.94. The average Bonchev–Trinajstić information content (AvgIpc) is 2.93. The number of nitrogens with zero attached hydrogens (tertiary/aromatic N) is 2. The molecule has 0 saturated heterocycles. The van der Waals surface area contributed by atoms with E-state index < -0.39 is 45.8 Å². The predicted octanol–water partition coefficient (Wildman–Crippen LogP) is 4.16. The van der Waals surface area contributed by atoms with Gasteiger partial charge in [0.05, 0.1) is 26.2 Å². The smallest absolute Gasteiger partial charge is 0.244 e. The van der Waals surface area contributed by atoms with Crippen LogP contribution in [0.5, 0.6) is 11.5 Å². The molecule has 1 atom stereocenters. The van der Waals surface area contributed by atoms with E-state index in [1.807, 2.05) is 51.1 Å². The number of anilines is 1. The highest BCUT2D eigenvalue weighted by molar-refractivity contribution is 7.92. The van der Waals surface area contributed by atoms with Crippen LogP contribution in [0, 0.1) is 5.82 Å². The Bertz CT molecular complexity index is 1470. The first-order valence-electron chi connectivity index (χ1n) is 13.3.